The summed E-state index contributed by atoms with van der Waals surface area (Å²) in [5.41, 5.74) is 4.87. The van der Waals surface area contributed by atoms with E-state index in [2.05, 4.69) is 10.5 Å². The highest BCUT2D eigenvalue weighted by atomic mass is 16.5. The summed E-state index contributed by atoms with van der Waals surface area (Å²) >= 11 is 0. The van der Waals surface area contributed by atoms with E-state index < -0.39 is 23.8 Å². The molecule has 1 atom stereocenters. The molecule has 0 bridgehead atoms. The Balaban J connectivity index is 2.64. The first-order valence-electron chi connectivity index (χ1n) is 5.70. The number of nitrogens with zero attached hydrogens (tertiary/aromatic N) is 1. The van der Waals surface area contributed by atoms with Crippen molar-refractivity contribution in [1.82, 2.24) is 10.5 Å². The Morgan fingerprint density at radius 3 is 2.80 bits per heavy atom. The van der Waals surface area contributed by atoms with E-state index in [4.69, 9.17) is 20.1 Å². The van der Waals surface area contributed by atoms with Crippen LogP contribution in [0, 0.1) is 0 Å². The number of rotatable bonds is 8. The lowest BCUT2D eigenvalue weighted by Crippen LogP contribution is -2.41. The maximum absolute atomic E-state index is 11.8. The Bertz CT molecular complexity index is 498. The minimum absolute atomic E-state index is 0.0672. The summed E-state index contributed by atoms with van der Waals surface area (Å²) < 4.78 is 9.60. The molecule has 4 N–H and O–H groups in total. The molecule has 0 fully saturated rings. The van der Waals surface area contributed by atoms with E-state index in [-0.39, 0.29) is 25.1 Å². The molecule has 1 rings (SSSR count). The van der Waals surface area contributed by atoms with Crippen molar-refractivity contribution in [3.05, 3.63) is 17.5 Å². The summed E-state index contributed by atoms with van der Waals surface area (Å²) in [6.07, 6.45) is -0.246. The van der Waals surface area contributed by atoms with Crippen molar-refractivity contribution in [2.45, 2.75) is 25.5 Å². The number of aliphatic carboxylic acids is 1. The van der Waals surface area contributed by atoms with Crippen molar-refractivity contribution < 1.29 is 28.8 Å². The Hall–Kier alpha value is -2.42. The van der Waals surface area contributed by atoms with Gasteiger partial charge in [0, 0.05) is 19.6 Å². The van der Waals surface area contributed by atoms with Crippen LogP contribution in [0.4, 0.5) is 0 Å². The lowest BCUT2D eigenvalue weighted by atomic mass is 10.1. The van der Waals surface area contributed by atoms with Gasteiger partial charge in [-0.15, -0.1) is 0 Å². The Morgan fingerprint density at radius 2 is 2.25 bits per heavy atom. The highest BCUT2D eigenvalue weighted by Crippen LogP contribution is 2.06. The molecule has 1 heterocycles. The molecular formula is C11H15N3O6. The molecule has 9 nitrogen and oxygen atoms in total. The van der Waals surface area contributed by atoms with Crippen molar-refractivity contribution in [2.75, 3.05) is 7.11 Å². The highest BCUT2D eigenvalue weighted by Gasteiger charge is 2.23. The van der Waals surface area contributed by atoms with Gasteiger partial charge in [0.2, 0.25) is 5.91 Å². The average molecular weight is 285 g/mol. The first kappa shape index (κ1) is 15.6. The summed E-state index contributed by atoms with van der Waals surface area (Å²) in [5, 5.41) is 14.7. The van der Waals surface area contributed by atoms with Gasteiger partial charge in [-0.2, -0.15) is 0 Å². The standard InChI is InChI=1S/C11H15N3O6/c1-19-5-6-4-8(14-20-6)10(16)13-7(11(17)18)2-3-9(12)15/h4,7H,2-3,5H2,1H3,(H2,12,15)(H,13,16)(H,17,18)/t7-/m1/s1. The maximum Gasteiger partial charge on any atom is 0.326 e. The van der Waals surface area contributed by atoms with Crippen molar-refractivity contribution >= 4 is 17.8 Å². The molecule has 1 aromatic heterocycles. The van der Waals surface area contributed by atoms with Gasteiger partial charge < -0.3 is 25.4 Å². The number of aromatic nitrogens is 1. The molecule has 9 heteroatoms. The number of primary amides is 1. The lowest BCUT2D eigenvalue weighted by molar-refractivity contribution is -0.139. The molecule has 0 aliphatic heterocycles. The predicted molar refractivity (Wildman–Crippen MR) is 64.5 cm³/mol. The Kier molecular flexibility index (Phi) is 5.66. The maximum atomic E-state index is 11.8. The van der Waals surface area contributed by atoms with Crippen LogP contribution >= 0.6 is 0 Å². The lowest BCUT2D eigenvalue weighted by Gasteiger charge is -2.12. The van der Waals surface area contributed by atoms with Crippen LogP contribution in [0.5, 0.6) is 0 Å². The van der Waals surface area contributed by atoms with Crippen LogP contribution < -0.4 is 11.1 Å². The van der Waals surface area contributed by atoms with Crippen LogP contribution in [0.2, 0.25) is 0 Å². The summed E-state index contributed by atoms with van der Waals surface area (Å²) in [6, 6.07) is 0.115. The van der Waals surface area contributed by atoms with Gasteiger partial charge in [0.1, 0.15) is 12.6 Å². The molecule has 110 valence electrons. The fraction of sp³-hybridized carbons (Fsp3) is 0.455. The smallest absolute Gasteiger partial charge is 0.326 e. The number of carboxylic acid groups (broad SMARTS) is 1. The molecule has 0 aromatic carbocycles. The number of ether oxygens (including phenoxy) is 1. The molecule has 1 aromatic rings. The number of methoxy groups -OCH3 is 1. The van der Waals surface area contributed by atoms with Gasteiger partial charge in [0.25, 0.3) is 5.91 Å². The number of amides is 2. The van der Waals surface area contributed by atoms with Gasteiger partial charge in [0.15, 0.2) is 11.5 Å². The molecule has 0 saturated carbocycles. The molecule has 0 spiro atoms. The number of hydrogen-bond acceptors (Lipinski definition) is 6. The summed E-state index contributed by atoms with van der Waals surface area (Å²) in [5.74, 6) is -2.29. The largest absolute Gasteiger partial charge is 0.480 e. The van der Waals surface area contributed by atoms with Crippen molar-refractivity contribution in [3.63, 3.8) is 0 Å². The van der Waals surface area contributed by atoms with Gasteiger partial charge >= 0.3 is 5.97 Å². The van der Waals surface area contributed by atoms with E-state index in [0.29, 0.717) is 5.76 Å². The van der Waals surface area contributed by atoms with E-state index in [9.17, 15) is 14.4 Å². The third-order valence-electron chi connectivity index (χ3n) is 2.36. The molecule has 0 unspecified atom stereocenters. The van der Waals surface area contributed by atoms with Crippen molar-refractivity contribution in [3.8, 4) is 0 Å². The van der Waals surface area contributed by atoms with E-state index in [1.165, 1.54) is 13.2 Å². The minimum atomic E-state index is -1.26. The average Bonchev–Trinajstić information content (AvgIpc) is 2.82. The number of carboxylic acids is 1. The van der Waals surface area contributed by atoms with E-state index in [0.717, 1.165) is 0 Å². The molecule has 0 aliphatic rings. The van der Waals surface area contributed by atoms with Crippen molar-refractivity contribution in [2.24, 2.45) is 5.73 Å². The first-order valence-corrected chi connectivity index (χ1v) is 5.70. The Morgan fingerprint density at radius 1 is 1.55 bits per heavy atom. The number of nitrogens with one attached hydrogen (secondary N) is 1. The van der Waals surface area contributed by atoms with Crippen LogP contribution in [0.25, 0.3) is 0 Å². The normalized spacial score (nSPS) is 11.8. The SMILES string of the molecule is COCc1cc(C(=O)N[C@H](CCC(N)=O)C(=O)O)no1. The first-order chi connectivity index (χ1) is 9.43. The second-order valence-electron chi connectivity index (χ2n) is 3.98. The second-order valence-corrected chi connectivity index (χ2v) is 3.98. The number of carbonyl (C=O) groups excluding carboxylic acids is 2. The minimum Gasteiger partial charge on any atom is -0.480 e. The molecular weight excluding hydrogens is 270 g/mol. The van der Waals surface area contributed by atoms with Gasteiger partial charge in [-0.05, 0) is 6.42 Å². The molecule has 2 amide bonds. The van der Waals surface area contributed by atoms with Gasteiger partial charge in [-0.25, -0.2) is 4.79 Å². The number of carbonyl (C=O) groups is 3. The van der Waals surface area contributed by atoms with Crippen LogP contribution in [-0.2, 0) is 20.9 Å². The predicted octanol–water partition coefficient (Wildman–Crippen LogP) is -0.730. The molecule has 0 aliphatic carbocycles. The van der Waals surface area contributed by atoms with Crippen molar-refractivity contribution in [1.29, 1.82) is 0 Å². The van der Waals surface area contributed by atoms with Crippen LogP contribution in [0.15, 0.2) is 10.6 Å². The van der Waals surface area contributed by atoms with E-state index >= 15 is 0 Å². The third-order valence-corrected chi connectivity index (χ3v) is 2.36. The van der Waals surface area contributed by atoms with Gasteiger partial charge in [-0.3, -0.25) is 9.59 Å². The van der Waals surface area contributed by atoms with Crippen LogP contribution in [-0.4, -0.2) is 41.2 Å². The zero-order chi connectivity index (χ0) is 15.1. The Labute approximate surface area is 114 Å². The fourth-order valence-electron chi connectivity index (χ4n) is 1.41. The topological polar surface area (TPSA) is 145 Å². The fourth-order valence-corrected chi connectivity index (χ4v) is 1.41. The zero-order valence-corrected chi connectivity index (χ0v) is 10.8. The monoisotopic (exact) mass is 285 g/mol. The van der Waals surface area contributed by atoms with Gasteiger partial charge in [-0.1, -0.05) is 5.16 Å². The molecule has 0 radical (unpaired) electrons. The van der Waals surface area contributed by atoms with E-state index in [1.807, 2.05) is 0 Å². The van der Waals surface area contributed by atoms with Gasteiger partial charge in [0.05, 0.1) is 0 Å². The summed E-state index contributed by atoms with van der Waals surface area (Å²) in [6.45, 7) is 0.143. The molecule has 20 heavy (non-hydrogen) atoms. The van der Waals surface area contributed by atoms with Crippen LogP contribution in [0.3, 0.4) is 0 Å². The van der Waals surface area contributed by atoms with Crippen LogP contribution in [0.1, 0.15) is 29.1 Å². The highest BCUT2D eigenvalue weighted by molar-refractivity contribution is 5.95. The van der Waals surface area contributed by atoms with E-state index in [1.54, 1.807) is 0 Å². The summed E-state index contributed by atoms with van der Waals surface area (Å²) in [4.78, 5) is 33.4. The summed E-state index contributed by atoms with van der Waals surface area (Å²) in [7, 11) is 1.45. The molecule has 0 saturated heterocycles. The second kappa shape index (κ2) is 7.24. The third kappa shape index (κ3) is 4.69. The zero-order valence-electron chi connectivity index (χ0n) is 10.8. The number of hydrogen-bond donors (Lipinski definition) is 3. The number of nitrogens with two attached hydrogens (primary N) is 1. The quantitative estimate of drug-likeness (QED) is 0.570.